The summed E-state index contributed by atoms with van der Waals surface area (Å²) in [7, 11) is 5.36. The summed E-state index contributed by atoms with van der Waals surface area (Å²) in [6.45, 7) is 2.77. The van der Waals surface area contributed by atoms with Crippen LogP contribution in [0.1, 0.15) is 6.92 Å². The minimum absolute atomic E-state index is 0.178. The van der Waals surface area contributed by atoms with Gasteiger partial charge in [0, 0.05) is 44.8 Å². The number of nitrogens with one attached hydrogen (secondary N) is 1. The number of aryl methyl sites for hydroxylation is 1. The number of fused-ring (bicyclic) bond motifs is 2. The second-order valence-electron chi connectivity index (χ2n) is 6.31. The van der Waals surface area contributed by atoms with Gasteiger partial charge in [-0.2, -0.15) is 15.2 Å². The molecule has 0 aliphatic carbocycles. The number of benzene rings is 1. The largest absolute Gasteiger partial charge is 0.348 e. The Kier molecular flexibility index (Phi) is 3.73. The van der Waals surface area contributed by atoms with Gasteiger partial charge in [0.05, 0.1) is 10.5 Å². The highest BCUT2D eigenvalue weighted by molar-refractivity contribution is 6.38. The molecule has 0 fully saturated rings. The van der Waals surface area contributed by atoms with E-state index in [1.165, 1.54) is 4.57 Å². The van der Waals surface area contributed by atoms with Crippen molar-refractivity contribution < 1.29 is 0 Å². The van der Waals surface area contributed by atoms with E-state index in [2.05, 4.69) is 20.3 Å². The monoisotopic (exact) mass is 371 g/mol. The first kappa shape index (κ1) is 16.6. The first-order valence-corrected chi connectivity index (χ1v) is 8.58. The van der Waals surface area contributed by atoms with E-state index in [-0.39, 0.29) is 5.56 Å². The van der Waals surface area contributed by atoms with Crippen LogP contribution in [0.5, 0.6) is 0 Å². The molecular weight excluding hydrogens is 354 g/mol. The fourth-order valence-corrected chi connectivity index (χ4v) is 3.40. The zero-order chi connectivity index (χ0) is 18.6. The van der Waals surface area contributed by atoms with Crippen molar-refractivity contribution in [3.63, 3.8) is 0 Å². The smallest absolute Gasteiger partial charge is 0.266 e. The van der Waals surface area contributed by atoms with E-state index in [4.69, 9.17) is 11.6 Å². The maximum Gasteiger partial charge on any atom is 0.266 e. The predicted molar refractivity (Wildman–Crippen MR) is 103 cm³/mol. The highest BCUT2D eigenvalue weighted by Gasteiger charge is 2.20. The van der Waals surface area contributed by atoms with Crippen molar-refractivity contribution in [1.82, 2.24) is 29.5 Å². The maximum atomic E-state index is 12.9. The third-order valence-corrected chi connectivity index (χ3v) is 4.83. The van der Waals surface area contributed by atoms with Gasteiger partial charge in [0.2, 0.25) is 5.95 Å². The van der Waals surface area contributed by atoms with Crippen LogP contribution in [-0.4, -0.2) is 43.6 Å². The Bertz CT molecular complexity index is 1200. The SMILES string of the molecule is CCn1cc2c(Cl)c(-c3n[nH]c4nc(N(C)C)n(C)c(=O)c34)ccc2n1. The van der Waals surface area contributed by atoms with E-state index < -0.39 is 0 Å². The topological polar surface area (TPSA) is 84.6 Å². The van der Waals surface area contributed by atoms with Crippen LogP contribution in [0.3, 0.4) is 0 Å². The number of hydrogen-bond donors (Lipinski definition) is 1. The van der Waals surface area contributed by atoms with Crippen LogP contribution in [0.4, 0.5) is 5.95 Å². The second-order valence-corrected chi connectivity index (χ2v) is 6.69. The molecule has 8 nitrogen and oxygen atoms in total. The molecule has 26 heavy (non-hydrogen) atoms. The van der Waals surface area contributed by atoms with Gasteiger partial charge in [-0.15, -0.1) is 0 Å². The van der Waals surface area contributed by atoms with Crippen molar-refractivity contribution in [2.75, 3.05) is 19.0 Å². The van der Waals surface area contributed by atoms with Crippen LogP contribution in [0.2, 0.25) is 5.02 Å². The molecule has 0 amide bonds. The van der Waals surface area contributed by atoms with E-state index >= 15 is 0 Å². The highest BCUT2D eigenvalue weighted by Crippen LogP contribution is 2.35. The van der Waals surface area contributed by atoms with E-state index in [0.717, 1.165) is 17.4 Å². The normalized spacial score (nSPS) is 11.6. The van der Waals surface area contributed by atoms with E-state index in [0.29, 0.717) is 33.3 Å². The molecule has 0 saturated heterocycles. The summed E-state index contributed by atoms with van der Waals surface area (Å²) in [5.74, 6) is 0.545. The van der Waals surface area contributed by atoms with Crippen LogP contribution >= 0.6 is 11.6 Å². The molecule has 4 rings (SSSR count). The maximum absolute atomic E-state index is 12.9. The zero-order valence-electron chi connectivity index (χ0n) is 14.9. The summed E-state index contributed by atoms with van der Waals surface area (Å²) in [6, 6.07) is 3.72. The fourth-order valence-electron chi connectivity index (χ4n) is 3.10. The number of rotatable bonds is 3. The molecule has 0 saturated carbocycles. The molecule has 0 atom stereocenters. The van der Waals surface area contributed by atoms with Crippen LogP contribution in [0.15, 0.2) is 23.1 Å². The Hall–Kier alpha value is -2.87. The number of nitrogens with zero attached hydrogens (tertiary/aromatic N) is 6. The van der Waals surface area contributed by atoms with E-state index in [1.54, 1.807) is 11.9 Å². The molecule has 1 N–H and O–H groups in total. The Morgan fingerprint density at radius 1 is 1.31 bits per heavy atom. The summed E-state index contributed by atoms with van der Waals surface area (Å²) in [4.78, 5) is 19.2. The van der Waals surface area contributed by atoms with Gasteiger partial charge in [0.25, 0.3) is 5.56 Å². The Morgan fingerprint density at radius 2 is 2.08 bits per heavy atom. The molecule has 0 unspecified atom stereocenters. The summed E-state index contributed by atoms with van der Waals surface area (Å²) in [5, 5.41) is 13.4. The first-order chi connectivity index (χ1) is 12.4. The Balaban J connectivity index is 2.01. The van der Waals surface area contributed by atoms with Crippen molar-refractivity contribution in [2.24, 2.45) is 7.05 Å². The number of hydrogen-bond acceptors (Lipinski definition) is 5. The van der Waals surface area contributed by atoms with Crippen molar-refractivity contribution in [3.05, 3.63) is 33.7 Å². The fraction of sp³-hybridized carbons (Fsp3) is 0.294. The standard InChI is InChI=1S/C17H18ClN7O/c1-5-25-8-10-11(22-25)7-6-9(13(10)18)14-12-15(21-20-14)19-17(23(2)3)24(4)16(12)26/h6-8H,5H2,1-4H3,(H,20,21). The molecule has 0 radical (unpaired) electrons. The van der Waals surface area contributed by atoms with Crippen molar-refractivity contribution >= 4 is 39.5 Å². The van der Waals surface area contributed by atoms with Gasteiger partial charge in [0.15, 0.2) is 5.65 Å². The Morgan fingerprint density at radius 3 is 2.77 bits per heavy atom. The van der Waals surface area contributed by atoms with Gasteiger partial charge < -0.3 is 4.90 Å². The van der Waals surface area contributed by atoms with Gasteiger partial charge in [0.1, 0.15) is 11.1 Å². The second kappa shape index (κ2) is 5.84. The lowest BCUT2D eigenvalue weighted by Gasteiger charge is -2.14. The molecule has 3 heterocycles. The summed E-state index contributed by atoms with van der Waals surface area (Å²) >= 11 is 6.63. The summed E-state index contributed by atoms with van der Waals surface area (Å²) < 4.78 is 3.33. The molecule has 9 heteroatoms. The number of aromatic nitrogens is 6. The predicted octanol–water partition coefficient (Wildman–Crippen LogP) is 2.41. The van der Waals surface area contributed by atoms with Gasteiger partial charge in [-0.1, -0.05) is 11.6 Å². The van der Waals surface area contributed by atoms with Gasteiger partial charge in [-0.3, -0.25) is 19.1 Å². The minimum Gasteiger partial charge on any atom is -0.348 e. The number of halogens is 1. The molecule has 4 aromatic rings. The van der Waals surface area contributed by atoms with Crippen molar-refractivity contribution in [3.8, 4) is 11.3 Å². The lowest BCUT2D eigenvalue weighted by atomic mass is 10.1. The summed E-state index contributed by atoms with van der Waals surface area (Å²) in [6.07, 6.45) is 1.90. The first-order valence-electron chi connectivity index (χ1n) is 8.20. The molecular formula is C17H18ClN7O. The van der Waals surface area contributed by atoms with Crippen molar-refractivity contribution in [1.29, 1.82) is 0 Å². The van der Waals surface area contributed by atoms with Gasteiger partial charge in [-0.25, -0.2) is 0 Å². The van der Waals surface area contributed by atoms with Crippen LogP contribution in [0, 0.1) is 0 Å². The average molecular weight is 372 g/mol. The summed E-state index contributed by atoms with van der Waals surface area (Å²) in [5.41, 5.74) is 2.24. The lowest BCUT2D eigenvalue weighted by Crippen LogP contribution is -2.26. The quantitative estimate of drug-likeness (QED) is 0.597. The molecule has 0 aliphatic rings. The lowest BCUT2D eigenvalue weighted by molar-refractivity contribution is 0.668. The third-order valence-electron chi connectivity index (χ3n) is 4.43. The van der Waals surface area contributed by atoms with E-state index in [1.807, 2.05) is 44.0 Å². The van der Waals surface area contributed by atoms with Crippen molar-refractivity contribution in [2.45, 2.75) is 13.5 Å². The van der Waals surface area contributed by atoms with E-state index in [9.17, 15) is 4.79 Å². The molecule has 0 spiro atoms. The third kappa shape index (κ3) is 2.29. The number of H-pyrrole nitrogens is 1. The molecule has 1 aromatic carbocycles. The van der Waals surface area contributed by atoms with Gasteiger partial charge in [-0.05, 0) is 19.1 Å². The number of aromatic amines is 1. The molecule has 0 bridgehead atoms. The number of anilines is 1. The zero-order valence-corrected chi connectivity index (χ0v) is 15.7. The van der Waals surface area contributed by atoms with Crippen LogP contribution in [-0.2, 0) is 13.6 Å². The highest BCUT2D eigenvalue weighted by atomic mass is 35.5. The van der Waals surface area contributed by atoms with Crippen LogP contribution < -0.4 is 10.5 Å². The average Bonchev–Trinajstić information content (AvgIpc) is 3.22. The molecule has 3 aromatic heterocycles. The molecule has 134 valence electrons. The molecule has 0 aliphatic heterocycles. The Labute approximate surface area is 154 Å². The van der Waals surface area contributed by atoms with Gasteiger partial charge >= 0.3 is 0 Å². The minimum atomic E-state index is -0.178. The van der Waals surface area contributed by atoms with Crippen LogP contribution in [0.25, 0.3) is 33.2 Å².